The van der Waals surface area contributed by atoms with E-state index in [1.54, 1.807) is 0 Å². The quantitative estimate of drug-likeness (QED) is 0.399. The molecule has 0 bridgehead atoms. The van der Waals surface area contributed by atoms with Crippen LogP contribution in [0.2, 0.25) is 0 Å². The van der Waals surface area contributed by atoms with Gasteiger partial charge in [-0.1, -0.05) is 36.4 Å². The largest absolute Gasteiger partial charge is 0.484 e. The number of amides is 1. The molecule has 0 aliphatic heterocycles. The first kappa shape index (κ1) is 20.5. The Hall–Kier alpha value is -3.45. The van der Waals surface area contributed by atoms with Crippen LogP contribution in [0, 0.1) is 4.84 Å². The number of carbonyl (C=O) groups excluding carboxylic acids is 1. The lowest BCUT2D eigenvalue weighted by Gasteiger charge is -2.16. The van der Waals surface area contributed by atoms with Gasteiger partial charge in [0.05, 0.1) is 0 Å². The van der Waals surface area contributed by atoms with Crippen LogP contribution in [0.4, 0.5) is 5.69 Å². The molecule has 0 saturated heterocycles. The predicted octanol–water partition coefficient (Wildman–Crippen LogP) is 5.46. The molecule has 0 fully saturated rings. The average molecular weight is 446 g/mol. The number of fused-ring (bicyclic) bond motifs is 2. The zero-order valence-electron chi connectivity index (χ0n) is 17.5. The molecule has 6 nitrogen and oxygen atoms in total. The zero-order chi connectivity index (χ0) is 21.9. The molecule has 1 aromatic heterocycles. The summed E-state index contributed by atoms with van der Waals surface area (Å²) < 4.78 is 12.7. The maximum atomic E-state index is 12.5. The Kier molecular flexibility index (Phi) is 5.73. The van der Waals surface area contributed by atoms with Crippen LogP contribution in [0.15, 0.2) is 65.1 Å². The van der Waals surface area contributed by atoms with E-state index in [-0.39, 0.29) is 23.9 Å². The third-order valence-electron chi connectivity index (χ3n) is 5.66. The summed E-state index contributed by atoms with van der Waals surface area (Å²) in [5.74, 6) is 0.897. The van der Waals surface area contributed by atoms with Gasteiger partial charge >= 0.3 is 0 Å². The summed E-state index contributed by atoms with van der Waals surface area (Å²) in [6.45, 7) is 0.121. The number of benzene rings is 3. The Morgan fingerprint density at radius 2 is 1.84 bits per heavy atom. The van der Waals surface area contributed by atoms with Gasteiger partial charge in [-0.25, -0.2) is 4.68 Å². The number of aryl methyl sites for hydroxylation is 2. The molecule has 0 saturated carbocycles. The molecule has 1 N–H and O–H groups in total. The summed E-state index contributed by atoms with van der Waals surface area (Å²) in [7, 11) is 0. The molecule has 0 atom stereocenters. The number of anilines is 1. The van der Waals surface area contributed by atoms with Crippen LogP contribution < -0.4 is 10.1 Å². The van der Waals surface area contributed by atoms with Crippen LogP contribution >= 0.6 is 12.2 Å². The first-order valence-electron chi connectivity index (χ1n) is 10.7. The molecule has 32 heavy (non-hydrogen) atoms. The molecule has 1 heterocycles. The minimum atomic E-state index is -0.230. The molecule has 7 heteroatoms. The lowest BCUT2D eigenvalue weighted by Crippen LogP contribution is -2.19. The molecule has 1 aliphatic rings. The SMILES string of the molecule is O=C(Cn1nc(COc2ccc3c(c2)CCCC3)oc1=S)Nc1ccc2ccccc2c1. The fourth-order valence-electron chi connectivity index (χ4n) is 4.06. The lowest BCUT2D eigenvalue weighted by molar-refractivity contribution is -0.117. The van der Waals surface area contributed by atoms with Gasteiger partial charge in [-0.15, -0.1) is 5.10 Å². The molecule has 1 aliphatic carbocycles. The Balaban J connectivity index is 1.21. The van der Waals surface area contributed by atoms with E-state index in [9.17, 15) is 4.79 Å². The van der Waals surface area contributed by atoms with Crippen LogP contribution in [0.5, 0.6) is 5.75 Å². The van der Waals surface area contributed by atoms with Crippen molar-refractivity contribution in [3.05, 3.63) is 82.5 Å². The molecule has 0 unspecified atom stereocenters. The number of nitrogens with zero attached hydrogens (tertiary/aromatic N) is 2. The molecule has 5 rings (SSSR count). The minimum absolute atomic E-state index is 0.0337. The highest BCUT2D eigenvalue weighted by molar-refractivity contribution is 7.71. The van der Waals surface area contributed by atoms with Crippen molar-refractivity contribution in [2.75, 3.05) is 5.32 Å². The number of rotatable bonds is 6. The van der Waals surface area contributed by atoms with Crippen molar-refractivity contribution in [2.45, 2.75) is 38.8 Å². The fraction of sp³-hybridized carbons (Fsp3) is 0.240. The van der Waals surface area contributed by atoms with Gasteiger partial charge in [0.2, 0.25) is 5.91 Å². The van der Waals surface area contributed by atoms with Crippen molar-refractivity contribution >= 4 is 34.6 Å². The van der Waals surface area contributed by atoms with Crippen molar-refractivity contribution < 1.29 is 13.9 Å². The second kappa shape index (κ2) is 8.96. The standard InChI is InChI=1S/C25H23N3O3S/c29-23(26-21-11-9-17-5-1-3-7-19(17)13-21)15-28-25(32)31-24(27-28)16-30-22-12-10-18-6-2-4-8-20(18)14-22/h1,3,5,7,9-14H,2,4,6,8,15-16H2,(H,26,29). The minimum Gasteiger partial charge on any atom is -0.484 e. The molecule has 3 aromatic carbocycles. The Labute approximate surface area is 190 Å². The summed E-state index contributed by atoms with van der Waals surface area (Å²) in [6.07, 6.45) is 4.69. The van der Waals surface area contributed by atoms with Gasteiger partial charge in [0, 0.05) is 5.69 Å². The van der Waals surface area contributed by atoms with Gasteiger partial charge in [-0.2, -0.15) is 0 Å². The Morgan fingerprint density at radius 1 is 1.03 bits per heavy atom. The Morgan fingerprint density at radius 3 is 2.72 bits per heavy atom. The van der Waals surface area contributed by atoms with E-state index in [1.165, 1.54) is 28.7 Å². The van der Waals surface area contributed by atoms with Gasteiger partial charge in [0.15, 0.2) is 6.61 Å². The number of hydrogen-bond acceptors (Lipinski definition) is 5. The highest BCUT2D eigenvalue weighted by Crippen LogP contribution is 2.26. The third kappa shape index (κ3) is 4.57. The van der Waals surface area contributed by atoms with E-state index in [2.05, 4.69) is 22.5 Å². The van der Waals surface area contributed by atoms with Crippen LogP contribution in [-0.4, -0.2) is 15.7 Å². The number of carbonyl (C=O) groups is 1. The van der Waals surface area contributed by atoms with Gasteiger partial charge in [-0.3, -0.25) is 4.79 Å². The number of ether oxygens (including phenoxy) is 1. The van der Waals surface area contributed by atoms with Crippen LogP contribution in [0.25, 0.3) is 10.8 Å². The van der Waals surface area contributed by atoms with Crippen molar-refractivity contribution in [1.29, 1.82) is 0 Å². The zero-order valence-corrected chi connectivity index (χ0v) is 18.4. The maximum absolute atomic E-state index is 12.5. The van der Waals surface area contributed by atoms with Crippen LogP contribution in [0.3, 0.4) is 0 Å². The first-order valence-corrected chi connectivity index (χ1v) is 11.1. The van der Waals surface area contributed by atoms with Gasteiger partial charge in [0.1, 0.15) is 12.3 Å². The second-order valence-electron chi connectivity index (χ2n) is 7.96. The molecular formula is C25H23N3O3S. The van der Waals surface area contributed by atoms with E-state index in [1.807, 2.05) is 48.5 Å². The normalized spacial score (nSPS) is 13.0. The molecule has 0 spiro atoms. The molecule has 162 valence electrons. The summed E-state index contributed by atoms with van der Waals surface area (Å²) in [5.41, 5.74) is 3.48. The van der Waals surface area contributed by atoms with Crippen LogP contribution in [0.1, 0.15) is 29.9 Å². The fourth-order valence-corrected chi connectivity index (χ4v) is 4.26. The summed E-state index contributed by atoms with van der Waals surface area (Å²) in [4.78, 5) is 12.6. The smallest absolute Gasteiger partial charge is 0.287 e. The molecular weight excluding hydrogens is 422 g/mol. The molecule has 1 amide bonds. The van der Waals surface area contributed by atoms with Gasteiger partial charge in [-0.05, 0) is 84.1 Å². The number of aromatic nitrogens is 2. The first-order chi connectivity index (χ1) is 15.6. The molecule has 0 radical (unpaired) electrons. The van der Waals surface area contributed by atoms with Crippen LogP contribution in [-0.2, 0) is 30.8 Å². The van der Waals surface area contributed by atoms with Crippen molar-refractivity contribution in [1.82, 2.24) is 9.78 Å². The number of nitrogens with one attached hydrogen (secondary N) is 1. The van der Waals surface area contributed by atoms with Crippen molar-refractivity contribution in [3.63, 3.8) is 0 Å². The topological polar surface area (TPSA) is 69.3 Å². The summed E-state index contributed by atoms with van der Waals surface area (Å²) in [6, 6.07) is 20.0. The second-order valence-corrected chi connectivity index (χ2v) is 8.31. The monoisotopic (exact) mass is 445 g/mol. The highest BCUT2D eigenvalue weighted by Gasteiger charge is 2.13. The van der Waals surface area contributed by atoms with E-state index in [4.69, 9.17) is 21.4 Å². The molecule has 4 aromatic rings. The van der Waals surface area contributed by atoms with E-state index in [0.29, 0.717) is 5.89 Å². The van der Waals surface area contributed by atoms with E-state index >= 15 is 0 Å². The summed E-state index contributed by atoms with van der Waals surface area (Å²) in [5, 5.41) is 9.37. The van der Waals surface area contributed by atoms with Crippen molar-refractivity contribution in [3.8, 4) is 5.75 Å². The van der Waals surface area contributed by atoms with Gasteiger partial charge < -0.3 is 14.5 Å². The maximum Gasteiger partial charge on any atom is 0.287 e. The van der Waals surface area contributed by atoms with E-state index < -0.39 is 0 Å². The van der Waals surface area contributed by atoms with Gasteiger partial charge in [0.25, 0.3) is 10.7 Å². The lowest BCUT2D eigenvalue weighted by atomic mass is 9.92. The highest BCUT2D eigenvalue weighted by atomic mass is 32.1. The predicted molar refractivity (Wildman–Crippen MR) is 125 cm³/mol. The average Bonchev–Trinajstić information content (AvgIpc) is 3.16. The number of hydrogen-bond donors (Lipinski definition) is 1. The van der Waals surface area contributed by atoms with Crippen molar-refractivity contribution in [2.24, 2.45) is 0 Å². The van der Waals surface area contributed by atoms with E-state index in [0.717, 1.165) is 35.1 Å². The Bertz CT molecular complexity index is 1340. The third-order valence-corrected chi connectivity index (χ3v) is 5.95. The summed E-state index contributed by atoms with van der Waals surface area (Å²) >= 11 is 5.23.